The van der Waals surface area contributed by atoms with Crippen LogP contribution in [0.15, 0.2) is 0 Å². The highest BCUT2D eigenvalue weighted by Crippen LogP contribution is 2.02. The molecule has 0 spiro atoms. The van der Waals surface area contributed by atoms with Gasteiger partial charge in [0.1, 0.15) is 25.4 Å². The van der Waals surface area contributed by atoms with Crippen molar-refractivity contribution in [1.29, 1.82) is 0 Å². The summed E-state index contributed by atoms with van der Waals surface area (Å²) in [6.07, 6.45) is -5.03. The van der Waals surface area contributed by atoms with Gasteiger partial charge in [-0.05, 0) is 20.8 Å². The fraction of sp³-hybridized carbons (Fsp3) is 0.769. The molecule has 4 atom stereocenters. The molecule has 9 heteroatoms. The number of aliphatic hydroxyl groups is 3. The van der Waals surface area contributed by atoms with Crippen LogP contribution in [-0.2, 0) is 28.6 Å². The average molecular weight is 322 g/mol. The summed E-state index contributed by atoms with van der Waals surface area (Å²) in [4.78, 5) is 33.8. The summed E-state index contributed by atoms with van der Waals surface area (Å²) >= 11 is 0. The minimum atomic E-state index is -1.40. The summed E-state index contributed by atoms with van der Waals surface area (Å²) in [6.45, 7) is 2.90. The summed E-state index contributed by atoms with van der Waals surface area (Å²) < 4.78 is 14.3. The topological polar surface area (TPSA) is 140 Å². The fourth-order valence-corrected chi connectivity index (χ4v) is 1.16. The Morgan fingerprint density at radius 2 is 1.36 bits per heavy atom. The van der Waals surface area contributed by atoms with Crippen LogP contribution in [0.2, 0.25) is 0 Å². The molecule has 0 aliphatic carbocycles. The van der Waals surface area contributed by atoms with Gasteiger partial charge in [0.05, 0.1) is 12.5 Å². The molecule has 0 aliphatic heterocycles. The van der Waals surface area contributed by atoms with Crippen LogP contribution >= 0.6 is 0 Å². The Kier molecular flexibility index (Phi) is 9.31. The smallest absolute Gasteiger partial charge is 0.335 e. The predicted octanol–water partition coefficient (Wildman–Crippen LogP) is -1.48. The van der Waals surface area contributed by atoms with Crippen molar-refractivity contribution < 1.29 is 43.9 Å². The third kappa shape index (κ3) is 9.27. The highest BCUT2D eigenvalue weighted by atomic mass is 16.6. The molecule has 22 heavy (non-hydrogen) atoms. The minimum absolute atomic E-state index is 0.246. The molecule has 0 saturated heterocycles. The second kappa shape index (κ2) is 10.1. The van der Waals surface area contributed by atoms with Crippen molar-refractivity contribution in [2.24, 2.45) is 0 Å². The van der Waals surface area contributed by atoms with Gasteiger partial charge in [-0.25, -0.2) is 9.59 Å². The molecule has 0 bridgehead atoms. The number of esters is 3. The Balaban J connectivity index is 4.48. The van der Waals surface area contributed by atoms with Gasteiger partial charge in [-0.1, -0.05) is 0 Å². The fourth-order valence-electron chi connectivity index (χ4n) is 1.16. The second-order valence-electron chi connectivity index (χ2n) is 4.78. The molecular formula is C13H22O9. The first kappa shape index (κ1) is 20.3. The lowest BCUT2D eigenvalue weighted by Crippen LogP contribution is -2.35. The zero-order valence-corrected chi connectivity index (χ0v) is 12.7. The van der Waals surface area contributed by atoms with Crippen LogP contribution in [0.4, 0.5) is 0 Å². The summed E-state index contributed by atoms with van der Waals surface area (Å²) in [7, 11) is 0. The van der Waals surface area contributed by atoms with Crippen LogP contribution in [0, 0.1) is 0 Å². The van der Waals surface area contributed by atoms with Crippen molar-refractivity contribution in [3.63, 3.8) is 0 Å². The van der Waals surface area contributed by atoms with Gasteiger partial charge in [-0.2, -0.15) is 0 Å². The van der Waals surface area contributed by atoms with Crippen molar-refractivity contribution in [1.82, 2.24) is 0 Å². The summed E-state index contributed by atoms with van der Waals surface area (Å²) in [6, 6.07) is 0. The Hall–Kier alpha value is -1.71. The van der Waals surface area contributed by atoms with Crippen molar-refractivity contribution >= 4 is 17.9 Å². The number of carbonyl (C=O) groups excluding carboxylic acids is 3. The van der Waals surface area contributed by atoms with E-state index in [0.717, 1.165) is 0 Å². The molecule has 0 aliphatic rings. The zero-order chi connectivity index (χ0) is 17.3. The molecule has 0 radical (unpaired) electrons. The third-order valence-corrected chi connectivity index (χ3v) is 2.27. The van der Waals surface area contributed by atoms with Gasteiger partial charge in [-0.15, -0.1) is 0 Å². The number of hydrogen-bond acceptors (Lipinski definition) is 9. The quantitative estimate of drug-likeness (QED) is 0.342. The molecular weight excluding hydrogens is 300 g/mol. The van der Waals surface area contributed by atoms with Crippen molar-refractivity contribution in [2.75, 3.05) is 13.2 Å². The van der Waals surface area contributed by atoms with Crippen LogP contribution in [-0.4, -0.2) is 70.9 Å². The lowest BCUT2D eigenvalue weighted by atomic mass is 10.3. The molecule has 0 fully saturated rings. The number of hydrogen-bond donors (Lipinski definition) is 3. The molecule has 0 saturated carbocycles. The largest absolute Gasteiger partial charge is 0.462 e. The number of carbonyl (C=O) groups is 3. The average Bonchev–Trinajstić information content (AvgIpc) is 2.39. The van der Waals surface area contributed by atoms with Crippen molar-refractivity contribution in [2.45, 2.75) is 51.6 Å². The van der Waals surface area contributed by atoms with Crippen molar-refractivity contribution in [3.8, 4) is 0 Å². The Morgan fingerprint density at radius 1 is 0.864 bits per heavy atom. The summed E-state index contributed by atoms with van der Waals surface area (Å²) in [5, 5.41) is 27.1. The third-order valence-electron chi connectivity index (χ3n) is 2.27. The molecule has 0 rings (SSSR count). The maximum atomic E-state index is 11.3. The standard InChI is InChI=1S/C13H22O9/c1-7(14)4-11(17)20-5-10(22-13(19)9(3)16)6-21-12(18)8(2)15/h7-10,14-16H,4-6H2,1-3H3/t7?,8-,9-,10?/m0/s1. The minimum Gasteiger partial charge on any atom is -0.462 e. The van der Waals surface area contributed by atoms with E-state index in [0.29, 0.717) is 0 Å². The van der Waals surface area contributed by atoms with Gasteiger partial charge in [0.15, 0.2) is 6.10 Å². The van der Waals surface area contributed by atoms with E-state index in [1.165, 1.54) is 20.8 Å². The monoisotopic (exact) mass is 322 g/mol. The molecule has 0 aromatic heterocycles. The highest BCUT2D eigenvalue weighted by Gasteiger charge is 2.23. The van der Waals surface area contributed by atoms with Crippen LogP contribution in [0.1, 0.15) is 27.2 Å². The maximum absolute atomic E-state index is 11.3. The van der Waals surface area contributed by atoms with E-state index in [4.69, 9.17) is 24.8 Å². The van der Waals surface area contributed by atoms with Crippen LogP contribution in [0.25, 0.3) is 0 Å². The Morgan fingerprint density at radius 3 is 1.82 bits per heavy atom. The molecule has 0 aromatic carbocycles. The van der Waals surface area contributed by atoms with Gasteiger partial charge in [-0.3, -0.25) is 4.79 Å². The van der Waals surface area contributed by atoms with Crippen LogP contribution < -0.4 is 0 Å². The van der Waals surface area contributed by atoms with Gasteiger partial charge in [0.2, 0.25) is 0 Å². The SMILES string of the molecule is CC(O)CC(=O)OCC(COC(=O)[C@H](C)O)OC(=O)[C@H](C)O. The number of ether oxygens (including phenoxy) is 3. The van der Waals surface area contributed by atoms with E-state index < -0.39 is 55.5 Å². The van der Waals surface area contributed by atoms with E-state index in [1.54, 1.807) is 0 Å². The first-order valence-corrected chi connectivity index (χ1v) is 6.70. The van der Waals surface area contributed by atoms with E-state index in [2.05, 4.69) is 4.74 Å². The van der Waals surface area contributed by atoms with Gasteiger partial charge >= 0.3 is 17.9 Å². The van der Waals surface area contributed by atoms with E-state index in [1.807, 2.05) is 0 Å². The number of aliphatic hydroxyl groups excluding tert-OH is 3. The molecule has 0 amide bonds. The normalized spacial score (nSPS) is 16.1. The predicted molar refractivity (Wildman–Crippen MR) is 71.5 cm³/mol. The molecule has 0 heterocycles. The van der Waals surface area contributed by atoms with Gasteiger partial charge in [0.25, 0.3) is 0 Å². The lowest BCUT2D eigenvalue weighted by molar-refractivity contribution is -0.174. The Bertz CT molecular complexity index is 376. The zero-order valence-electron chi connectivity index (χ0n) is 12.7. The molecule has 128 valence electrons. The van der Waals surface area contributed by atoms with E-state index >= 15 is 0 Å². The molecule has 9 nitrogen and oxygen atoms in total. The summed E-state index contributed by atoms with van der Waals surface area (Å²) in [5.41, 5.74) is 0. The second-order valence-corrected chi connectivity index (χ2v) is 4.78. The van der Waals surface area contributed by atoms with E-state index in [9.17, 15) is 14.4 Å². The van der Waals surface area contributed by atoms with Crippen molar-refractivity contribution in [3.05, 3.63) is 0 Å². The van der Waals surface area contributed by atoms with Crippen LogP contribution in [0.3, 0.4) is 0 Å². The molecule has 2 unspecified atom stereocenters. The Labute approximate surface area is 127 Å². The summed E-state index contributed by atoms with van der Waals surface area (Å²) in [5.74, 6) is -2.65. The van der Waals surface area contributed by atoms with E-state index in [-0.39, 0.29) is 6.42 Å². The van der Waals surface area contributed by atoms with Gasteiger partial charge < -0.3 is 29.5 Å². The first-order valence-electron chi connectivity index (χ1n) is 6.70. The molecule has 0 aromatic rings. The first-order chi connectivity index (χ1) is 10.1. The lowest BCUT2D eigenvalue weighted by Gasteiger charge is -2.19. The van der Waals surface area contributed by atoms with Crippen LogP contribution in [0.5, 0.6) is 0 Å². The maximum Gasteiger partial charge on any atom is 0.335 e. The number of rotatable bonds is 9. The molecule has 3 N–H and O–H groups in total. The van der Waals surface area contributed by atoms with Gasteiger partial charge in [0, 0.05) is 0 Å². The highest BCUT2D eigenvalue weighted by molar-refractivity contribution is 5.75.